The van der Waals surface area contributed by atoms with E-state index in [1.54, 1.807) is 0 Å². The van der Waals surface area contributed by atoms with E-state index < -0.39 is 0 Å². The van der Waals surface area contributed by atoms with Gasteiger partial charge in [-0.15, -0.1) is 5.10 Å². The minimum atomic E-state index is 0.623. The number of hydrogen-bond acceptors (Lipinski definition) is 3. The van der Waals surface area contributed by atoms with E-state index in [2.05, 4.69) is 58.1 Å². The highest BCUT2D eigenvalue weighted by Gasteiger charge is 2.14. The molecule has 1 N–H and O–H groups in total. The lowest BCUT2D eigenvalue weighted by Gasteiger charge is -2.23. The van der Waals surface area contributed by atoms with Gasteiger partial charge in [0, 0.05) is 18.2 Å². The highest BCUT2D eigenvalue weighted by Crippen LogP contribution is 2.24. The van der Waals surface area contributed by atoms with E-state index in [1.165, 1.54) is 35.6 Å². The number of rotatable bonds is 4. The van der Waals surface area contributed by atoms with E-state index in [0.717, 1.165) is 25.2 Å². The van der Waals surface area contributed by atoms with Crippen molar-refractivity contribution in [2.45, 2.75) is 38.3 Å². The first-order valence-corrected chi connectivity index (χ1v) is 8.51. The molecule has 0 saturated carbocycles. The molecule has 2 heterocycles. The van der Waals surface area contributed by atoms with Crippen LogP contribution in [0.5, 0.6) is 0 Å². The molecule has 0 radical (unpaired) electrons. The summed E-state index contributed by atoms with van der Waals surface area (Å²) in [5, 5.41) is 14.6. The first-order chi connectivity index (χ1) is 11.4. The van der Waals surface area contributed by atoms with Crippen molar-refractivity contribution in [1.82, 2.24) is 20.3 Å². The predicted molar refractivity (Wildman–Crippen MR) is 93.2 cm³/mol. The molecule has 4 rings (SSSR count). The number of piperidine rings is 1. The van der Waals surface area contributed by atoms with E-state index in [1.807, 2.05) is 10.9 Å². The van der Waals surface area contributed by atoms with Gasteiger partial charge in [-0.05, 0) is 42.6 Å². The molecule has 1 fully saturated rings. The summed E-state index contributed by atoms with van der Waals surface area (Å²) in [6.07, 6.45) is 6.91. The third-order valence-electron chi connectivity index (χ3n) is 4.76. The molecule has 1 unspecified atom stereocenters. The minimum absolute atomic E-state index is 0.623. The molecule has 0 bridgehead atoms. The highest BCUT2D eigenvalue weighted by atomic mass is 15.4. The zero-order chi connectivity index (χ0) is 15.5. The zero-order valence-corrected chi connectivity index (χ0v) is 13.3. The van der Waals surface area contributed by atoms with Crippen molar-refractivity contribution in [3.63, 3.8) is 0 Å². The summed E-state index contributed by atoms with van der Waals surface area (Å²) in [7, 11) is 0. The number of fused-ring (bicyclic) bond motifs is 1. The van der Waals surface area contributed by atoms with Crippen LogP contribution in [0, 0.1) is 0 Å². The fourth-order valence-corrected chi connectivity index (χ4v) is 3.44. The SMILES string of the molecule is c1ccc2cc(-c3cnnn3CCC3CCCCN3)ccc2c1. The Morgan fingerprint density at radius 1 is 1.09 bits per heavy atom. The third kappa shape index (κ3) is 3.13. The molecule has 1 saturated heterocycles. The van der Waals surface area contributed by atoms with Crippen LogP contribution in [0.25, 0.3) is 22.0 Å². The normalized spacial score (nSPS) is 18.3. The van der Waals surface area contributed by atoms with Crippen LogP contribution in [0.15, 0.2) is 48.7 Å². The number of nitrogens with one attached hydrogen (secondary N) is 1. The summed E-state index contributed by atoms with van der Waals surface area (Å²) in [6, 6.07) is 15.6. The summed E-state index contributed by atoms with van der Waals surface area (Å²) in [5.74, 6) is 0. The Hall–Kier alpha value is -2.20. The summed E-state index contributed by atoms with van der Waals surface area (Å²) in [5.41, 5.74) is 2.29. The van der Waals surface area contributed by atoms with E-state index >= 15 is 0 Å². The fraction of sp³-hybridized carbons (Fsp3) is 0.368. The molecule has 0 amide bonds. The molecule has 4 nitrogen and oxygen atoms in total. The van der Waals surface area contributed by atoms with Crippen LogP contribution in [0.3, 0.4) is 0 Å². The van der Waals surface area contributed by atoms with Crippen LogP contribution < -0.4 is 5.32 Å². The third-order valence-corrected chi connectivity index (χ3v) is 4.76. The van der Waals surface area contributed by atoms with Crippen molar-refractivity contribution in [2.75, 3.05) is 6.54 Å². The Kier molecular flexibility index (Phi) is 4.07. The van der Waals surface area contributed by atoms with Gasteiger partial charge in [-0.3, -0.25) is 0 Å². The number of benzene rings is 2. The smallest absolute Gasteiger partial charge is 0.0885 e. The number of aromatic nitrogens is 3. The van der Waals surface area contributed by atoms with Crippen molar-refractivity contribution in [1.29, 1.82) is 0 Å². The van der Waals surface area contributed by atoms with Gasteiger partial charge in [-0.25, -0.2) is 4.68 Å². The summed E-state index contributed by atoms with van der Waals surface area (Å²) < 4.78 is 2.04. The van der Waals surface area contributed by atoms with Gasteiger partial charge in [-0.1, -0.05) is 48.0 Å². The maximum absolute atomic E-state index is 4.30. The van der Waals surface area contributed by atoms with Gasteiger partial charge in [0.05, 0.1) is 11.9 Å². The lowest BCUT2D eigenvalue weighted by molar-refractivity contribution is 0.359. The zero-order valence-electron chi connectivity index (χ0n) is 13.3. The van der Waals surface area contributed by atoms with Crippen molar-refractivity contribution in [2.24, 2.45) is 0 Å². The quantitative estimate of drug-likeness (QED) is 0.800. The van der Waals surface area contributed by atoms with Crippen molar-refractivity contribution in [3.05, 3.63) is 48.7 Å². The standard InChI is InChI=1S/C19H22N4/c1-2-6-16-13-17(9-8-15(16)5-1)19-14-21-22-23(19)12-10-18-7-3-4-11-20-18/h1-2,5-6,8-9,13-14,18,20H,3-4,7,10-12H2. The molecule has 3 aromatic rings. The molecule has 118 valence electrons. The average molecular weight is 306 g/mol. The van der Waals surface area contributed by atoms with Gasteiger partial charge in [0.2, 0.25) is 0 Å². The monoisotopic (exact) mass is 306 g/mol. The topological polar surface area (TPSA) is 42.7 Å². The van der Waals surface area contributed by atoms with Crippen molar-refractivity contribution >= 4 is 10.8 Å². The van der Waals surface area contributed by atoms with Crippen LogP contribution in [0.2, 0.25) is 0 Å². The Balaban J connectivity index is 1.55. The Morgan fingerprint density at radius 3 is 2.87 bits per heavy atom. The lowest BCUT2D eigenvalue weighted by Crippen LogP contribution is -2.34. The van der Waals surface area contributed by atoms with Gasteiger partial charge in [-0.2, -0.15) is 0 Å². The number of aryl methyl sites for hydroxylation is 1. The molecular weight excluding hydrogens is 284 g/mol. The second kappa shape index (κ2) is 6.50. The van der Waals surface area contributed by atoms with E-state index in [0.29, 0.717) is 6.04 Å². The molecule has 1 aliphatic rings. The molecular formula is C19H22N4. The number of hydrogen-bond donors (Lipinski definition) is 1. The summed E-state index contributed by atoms with van der Waals surface area (Å²) in [4.78, 5) is 0. The lowest BCUT2D eigenvalue weighted by atomic mass is 10.0. The van der Waals surface area contributed by atoms with Crippen LogP contribution in [-0.2, 0) is 6.54 Å². The molecule has 4 heteroatoms. The summed E-state index contributed by atoms with van der Waals surface area (Å²) >= 11 is 0. The van der Waals surface area contributed by atoms with Gasteiger partial charge in [0.15, 0.2) is 0 Å². The van der Waals surface area contributed by atoms with Gasteiger partial charge in [0.25, 0.3) is 0 Å². The van der Waals surface area contributed by atoms with Crippen LogP contribution >= 0.6 is 0 Å². The van der Waals surface area contributed by atoms with Crippen molar-refractivity contribution in [3.8, 4) is 11.3 Å². The van der Waals surface area contributed by atoms with E-state index in [-0.39, 0.29) is 0 Å². The average Bonchev–Trinajstić information content (AvgIpc) is 3.09. The Morgan fingerprint density at radius 2 is 2.00 bits per heavy atom. The molecule has 0 aliphatic carbocycles. The molecule has 1 aliphatic heterocycles. The summed E-state index contributed by atoms with van der Waals surface area (Å²) in [6.45, 7) is 2.07. The van der Waals surface area contributed by atoms with E-state index in [9.17, 15) is 0 Å². The predicted octanol–water partition coefficient (Wildman–Crippen LogP) is 3.63. The first kappa shape index (κ1) is 14.4. The van der Waals surface area contributed by atoms with Crippen molar-refractivity contribution < 1.29 is 0 Å². The molecule has 1 aromatic heterocycles. The van der Waals surface area contributed by atoms with Crippen LogP contribution in [-0.4, -0.2) is 27.6 Å². The molecule has 1 atom stereocenters. The van der Waals surface area contributed by atoms with Gasteiger partial charge >= 0.3 is 0 Å². The van der Waals surface area contributed by atoms with Gasteiger partial charge in [0.1, 0.15) is 0 Å². The minimum Gasteiger partial charge on any atom is -0.314 e. The molecule has 2 aromatic carbocycles. The Labute approximate surface area is 136 Å². The van der Waals surface area contributed by atoms with Crippen LogP contribution in [0.1, 0.15) is 25.7 Å². The largest absolute Gasteiger partial charge is 0.314 e. The number of nitrogens with zero attached hydrogens (tertiary/aromatic N) is 3. The molecule has 0 spiro atoms. The maximum Gasteiger partial charge on any atom is 0.0885 e. The maximum atomic E-state index is 4.30. The van der Waals surface area contributed by atoms with E-state index in [4.69, 9.17) is 0 Å². The van der Waals surface area contributed by atoms with Gasteiger partial charge < -0.3 is 5.32 Å². The molecule has 23 heavy (non-hydrogen) atoms. The Bertz CT molecular complexity index is 787. The second-order valence-corrected chi connectivity index (χ2v) is 6.34. The first-order valence-electron chi connectivity index (χ1n) is 8.51. The van der Waals surface area contributed by atoms with Crippen LogP contribution in [0.4, 0.5) is 0 Å². The fourth-order valence-electron chi connectivity index (χ4n) is 3.44. The highest BCUT2D eigenvalue weighted by molar-refractivity contribution is 5.86. The second-order valence-electron chi connectivity index (χ2n) is 6.34.